The van der Waals surface area contributed by atoms with Crippen molar-refractivity contribution in [2.75, 3.05) is 43.5 Å². The molecule has 1 saturated heterocycles. The van der Waals surface area contributed by atoms with Crippen LogP contribution in [0.3, 0.4) is 0 Å². The average Bonchev–Trinajstić information content (AvgIpc) is 2.78. The molecule has 164 valence electrons. The van der Waals surface area contributed by atoms with Crippen molar-refractivity contribution in [2.24, 2.45) is 0 Å². The van der Waals surface area contributed by atoms with Gasteiger partial charge in [0, 0.05) is 49.3 Å². The van der Waals surface area contributed by atoms with E-state index < -0.39 is 10.8 Å². The number of nitro groups is 1. The molecule has 0 bridgehead atoms. The van der Waals surface area contributed by atoms with E-state index >= 15 is 0 Å². The smallest absolute Gasteiger partial charge is 0.311 e. The highest BCUT2D eigenvalue weighted by Gasteiger charge is 2.23. The summed E-state index contributed by atoms with van der Waals surface area (Å²) >= 11 is 6.15. The van der Waals surface area contributed by atoms with Gasteiger partial charge in [-0.1, -0.05) is 18.5 Å². The van der Waals surface area contributed by atoms with Gasteiger partial charge in [0.15, 0.2) is 5.75 Å². The molecule has 2 aromatic carbocycles. The van der Waals surface area contributed by atoms with Gasteiger partial charge in [0.05, 0.1) is 23.4 Å². The summed E-state index contributed by atoms with van der Waals surface area (Å²) in [5.41, 5.74) is 1.09. The van der Waals surface area contributed by atoms with E-state index in [4.69, 9.17) is 16.3 Å². The zero-order valence-corrected chi connectivity index (χ0v) is 18.0. The van der Waals surface area contributed by atoms with Crippen molar-refractivity contribution >= 4 is 40.5 Å². The minimum Gasteiger partial charge on any atom is -0.490 e. The highest BCUT2D eigenvalue weighted by atomic mass is 35.5. The molecule has 1 heterocycles. The van der Waals surface area contributed by atoms with Crippen LogP contribution in [0, 0.1) is 10.1 Å². The average molecular weight is 447 g/mol. The lowest BCUT2D eigenvalue weighted by atomic mass is 10.1. The molecule has 9 nitrogen and oxygen atoms in total. The van der Waals surface area contributed by atoms with Crippen LogP contribution in [0.4, 0.5) is 17.1 Å². The summed E-state index contributed by atoms with van der Waals surface area (Å²) in [7, 11) is 1.33. The van der Waals surface area contributed by atoms with E-state index in [1.165, 1.54) is 25.3 Å². The summed E-state index contributed by atoms with van der Waals surface area (Å²) < 4.78 is 4.98. The van der Waals surface area contributed by atoms with E-state index in [0.29, 0.717) is 43.3 Å². The lowest BCUT2D eigenvalue weighted by Gasteiger charge is -2.37. The predicted molar refractivity (Wildman–Crippen MR) is 118 cm³/mol. The highest BCUT2D eigenvalue weighted by molar-refractivity contribution is 6.31. The molecule has 2 aromatic rings. The fourth-order valence-corrected chi connectivity index (χ4v) is 3.64. The first-order valence-corrected chi connectivity index (χ1v) is 10.2. The Hall–Kier alpha value is -3.33. The third kappa shape index (κ3) is 5.05. The first-order valence-electron chi connectivity index (χ1n) is 9.80. The number of halogens is 1. The summed E-state index contributed by atoms with van der Waals surface area (Å²) in [5, 5.41) is 14.5. The van der Waals surface area contributed by atoms with Crippen LogP contribution in [0.25, 0.3) is 0 Å². The molecule has 0 unspecified atom stereocenters. The molecule has 0 aliphatic carbocycles. The van der Waals surface area contributed by atoms with Crippen molar-refractivity contribution in [3.63, 3.8) is 0 Å². The summed E-state index contributed by atoms with van der Waals surface area (Å²) in [6.45, 7) is 4.25. The van der Waals surface area contributed by atoms with Gasteiger partial charge in [-0.2, -0.15) is 0 Å². The first-order chi connectivity index (χ1) is 14.8. The van der Waals surface area contributed by atoms with Crippen molar-refractivity contribution in [2.45, 2.75) is 13.3 Å². The Morgan fingerprint density at radius 2 is 1.87 bits per heavy atom. The van der Waals surface area contributed by atoms with Gasteiger partial charge in [-0.25, -0.2) is 0 Å². The number of carbonyl (C=O) groups is 2. The Morgan fingerprint density at radius 1 is 1.16 bits per heavy atom. The van der Waals surface area contributed by atoms with E-state index in [1.807, 2.05) is 17.9 Å². The number of hydrogen-bond acceptors (Lipinski definition) is 6. The number of ether oxygens (including phenoxy) is 1. The van der Waals surface area contributed by atoms with Gasteiger partial charge in [-0.05, 0) is 30.3 Å². The fourth-order valence-electron chi connectivity index (χ4n) is 3.47. The second kappa shape index (κ2) is 9.65. The summed E-state index contributed by atoms with van der Waals surface area (Å²) in [6, 6.07) is 9.19. The van der Waals surface area contributed by atoms with Crippen LogP contribution in [-0.2, 0) is 4.79 Å². The number of hydrogen-bond donors (Lipinski definition) is 1. The van der Waals surface area contributed by atoms with Crippen LogP contribution in [0.1, 0.15) is 23.7 Å². The van der Waals surface area contributed by atoms with Gasteiger partial charge in [-0.3, -0.25) is 19.7 Å². The van der Waals surface area contributed by atoms with Crippen LogP contribution < -0.4 is 15.0 Å². The van der Waals surface area contributed by atoms with E-state index in [2.05, 4.69) is 10.2 Å². The van der Waals surface area contributed by atoms with Crippen molar-refractivity contribution in [1.29, 1.82) is 0 Å². The number of piperazine rings is 1. The van der Waals surface area contributed by atoms with Crippen LogP contribution in [0.15, 0.2) is 36.4 Å². The highest BCUT2D eigenvalue weighted by Crippen LogP contribution is 2.32. The number of rotatable bonds is 6. The second-order valence-electron chi connectivity index (χ2n) is 6.98. The van der Waals surface area contributed by atoms with E-state index in [0.717, 1.165) is 5.69 Å². The van der Waals surface area contributed by atoms with E-state index in [-0.39, 0.29) is 22.9 Å². The fraction of sp³-hybridized carbons (Fsp3) is 0.333. The maximum Gasteiger partial charge on any atom is 0.311 e. The third-order valence-corrected chi connectivity index (χ3v) is 5.36. The van der Waals surface area contributed by atoms with Gasteiger partial charge in [0.1, 0.15) is 0 Å². The Bertz CT molecular complexity index is 1010. The quantitative estimate of drug-likeness (QED) is 0.537. The van der Waals surface area contributed by atoms with Crippen molar-refractivity contribution in [3.8, 4) is 5.75 Å². The van der Waals surface area contributed by atoms with Gasteiger partial charge in [0.2, 0.25) is 5.91 Å². The van der Waals surface area contributed by atoms with Crippen LogP contribution >= 0.6 is 11.6 Å². The standard InChI is InChI=1S/C21H23ClN4O5/c1-3-20(27)25-10-8-24(9-11-25)17-6-5-15(22)13-16(17)23-21(28)14-4-7-19(31-2)18(12-14)26(29)30/h4-7,12-13H,3,8-11H2,1-2H3,(H,23,28). The maximum absolute atomic E-state index is 12.8. The van der Waals surface area contributed by atoms with E-state index in [1.54, 1.807) is 12.1 Å². The number of nitrogens with one attached hydrogen (secondary N) is 1. The number of carbonyl (C=O) groups excluding carboxylic acids is 2. The minimum absolute atomic E-state index is 0.0736. The zero-order chi connectivity index (χ0) is 22.5. The van der Waals surface area contributed by atoms with Gasteiger partial charge < -0.3 is 19.9 Å². The monoisotopic (exact) mass is 446 g/mol. The van der Waals surface area contributed by atoms with Gasteiger partial charge in [-0.15, -0.1) is 0 Å². The molecule has 1 fully saturated rings. The molecular formula is C21H23ClN4O5. The number of nitro benzene ring substituents is 1. The number of benzene rings is 2. The molecule has 0 aromatic heterocycles. The largest absolute Gasteiger partial charge is 0.490 e. The summed E-state index contributed by atoms with van der Waals surface area (Å²) in [4.78, 5) is 39.3. The number of nitrogens with zero attached hydrogens (tertiary/aromatic N) is 3. The summed E-state index contributed by atoms with van der Waals surface area (Å²) in [6.07, 6.45) is 0.469. The molecule has 0 atom stereocenters. The van der Waals surface area contributed by atoms with E-state index in [9.17, 15) is 19.7 Å². The maximum atomic E-state index is 12.8. The second-order valence-corrected chi connectivity index (χ2v) is 7.42. The molecule has 3 rings (SSSR count). The molecule has 0 radical (unpaired) electrons. The Morgan fingerprint density at radius 3 is 2.48 bits per heavy atom. The Labute approximate surface area is 184 Å². The lowest BCUT2D eigenvalue weighted by Crippen LogP contribution is -2.48. The SMILES string of the molecule is CCC(=O)N1CCN(c2ccc(Cl)cc2NC(=O)c2ccc(OC)c([N+](=O)[O-])c2)CC1. The minimum atomic E-state index is -0.600. The normalized spacial score (nSPS) is 13.6. The molecule has 2 amide bonds. The predicted octanol–water partition coefficient (Wildman–Crippen LogP) is 3.57. The van der Waals surface area contributed by atoms with Crippen LogP contribution in [-0.4, -0.2) is 54.9 Å². The zero-order valence-electron chi connectivity index (χ0n) is 17.3. The summed E-state index contributed by atoms with van der Waals surface area (Å²) in [5.74, 6) is -0.316. The number of methoxy groups -OCH3 is 1. The third-order valence-electron chi connectivity index (χ3n) is 5.12. The van der Waals surface area contributed by atoms with Crippen molar-refractivity contribution in [1.82, 2.24) is 4.90 Å². The van der Waals surface area contributed by atoms with Crippen LogP contribution in [0.2, 0.25) is 5.02 Å². The lowest BCUT2D eigenvalue weighted by molar-refractivity contribution is -0.385. The first kappa shape index (κ1) is 22.4. The molecule has 31 heavy (non-hydrogen) atoms. The Kier molecular flexibility index (Phi) is 6.96. The number of anilines is 2. The molecule has 1 aliphatic rings. The number of amides is 2. The van der Waals surface area contributed by atoms with Gasteiger partial charge in [0.25, 0.3) is 5.91 Å². The molecular weight excluding hydrogens is 424 g/mol. The van der Waals surface area contributed by atoms with Crippen LogP contribution in [0.5, 0.6) is 5.75 Å². The van der Waals surface area contributed by atoms with Crippen molar-refractivity contribution in [3.05, 3.63) is 57.1 Å². The molecule has 0 saturated carbocycles. The van der Waals surface area contributed by atoms with Crippen molar-refractivity contribution < 1.29 is 19.2 Å². The topological polar surface area (TPSA) is 105 Å². The van der Waals surface area contributed by atoms with Gasteiger partial charge >= 0.3 is 5.69 Å². The molecule has 10 heteroatoms. The molecule has 1 aliphatic heterocycles. The molecule has 1 N–H and O–H groups in total. The molecule has 0 spiro atoms. The Balaban J connectivity index is 1.82.